The molecule has 0 aliphatic rings. The molecular formula is C9H14BrClN2. The topological polar surface area (TPSA) is 38.9 Å². The molecule has 0 amide bonds. The van der Waals surface area contributed by atoms with Crippen LogP contribution in [0, 0.1) is 0 Å². The van der Waals surface area contributed by atoms with E-state index in [9.17, 15) is 0 Å². The van der Waals surface area contributed by atoms with Gasteiger partial charge in [-0.1, -0.05) is 19.4 Å². The molecule has 0 bridgehead atoms. The van der Waals surface area contributed by atoms with E-state index in [4.69, 9.17) is 5.73 Å². The molecule has 0 spiro atoms. The van der Waals surface area contributed by atoms with E-state index in [0.717, 1.165) is 23.1 Å². The fourth-order valence-corrected chi connectivity index (χ4v) is 1.45. The Bertz CT molecular complexity index is 255. The molecule has 0 fully saturated rings. The summed E-state index contributed by atoms with van der Waals surface area (Å²) in [6.07, 6.45) is 2.08. The van der Waals surface area contributed by atoms with Gasteiger partial charge in [0.1, 0.15) is 4.60 Å². The lowest BCUT2D eigenvalue weighted by Gasteiger charge is -2.08. The summed E-state index contributed by atoms with van der Waals surface area (Å²) in [4.78, 5) is 4.28. The van der Waals surface area contributed by atoms with Crippen molar-refractivity contribution in [3.63, 3.8) is 0 Å². The summed E-state index contributed by atoms with van der Waals surface area (Å²) in [5.41, 5.74) is 6.86. The summed E-state index contributed by atoms with van der Waals surface area (Å²) in [6, 6.07) is 5.90. The van der Waals surface area contributed by atoms with Crippen molar-refractivity contribution in [1.29, 1.82) is 0 Å². The van der Waals surface area contributed by atoms with Crippen molar-refractivity contribution in [2.75, 3.05) is 0 Å². The molecule has 1 aromatic rings. The molecule has 0 aliphatic carbocycles. The summed E-state index contributed by atoms with van der Waals surface area (Å²) in [6.45, 7) is 2.12. The average Bonchev–Trinajstić information content (AvgIpc) is 2.05. The molecule has 0 radical (unpaired) electrons. The molecule has 1 aromatic heterocycles. The van der Waals surface area contributed by atoms with E-state index in [1.54, 1.807) is 0 Å². The first kappa shape index (κ1) is 12.9. The van der Waals surface area contributed by atoms with Crippen molar-refractivity contribution >= 4 is 28.3 Å². The molecule has 2 nitrogen and oxygen atoms in total. The standard InChI is InChI=1S/C9H13BrN2.ClH/c1-2-4-7(11)8-5-3-6-9(10)12-8;/h3,5-7H,2,4,11H2,1H3;1H/t7-;/m1./s1. The lowest BCUT2D eigenvalue weighted by molar-refractivity contribution is 0.620. The van der Waals surface area contributed by atoms with Gasteiger partial charge in [0.05, 0.1) is 5.69 Å². The van der Waals surface area contributed by atoms with Gasteiger partial charge < -0.3 is 5.73 Å². The fraction of sp³-hybridized carbons (Fsp3) is 0.444. The first-order chi connectivity index (χ1) is 5.74. The Balaban J connectivity index is 0.00000144. The third-order valence-electron chi connectivity index (χ3n) is 1.72. The third-order valence-corrected chi connectivity index (χ3v) is 2.16. The van der Waals surface area contributed by atoms with Crippen LogP contribution >= 0.6 is 28.3 Å². The van der Waals surface area contributed by atoms with E-state index >= 15 is 0 Å². The molecule has 13 heavy (non-hydrogen) atoms. The molecule has 0 aromatic carbocycles. The minimum Gasteiger partial charge on any atom is -0.323 e. The molecule has 1 rings (SSSR count). The smallest absolute Gasteiger partial charge is 0.106 e. The maximum absolute atomic E-state index is 5.89. The number of pyridine rings is 1. The highest BCUT2D eigenvalue weighted by Crippen LogP contribution is 2.15. The van der Waals surface area contributed by atoms with E-state index in [1.165, 1.54) is 0 Å². The fourth-order valence-electron chi connectivity index (χ4n) is 1.09. The third kappa shape index (κ3) is 4.07. The normalized spacial score (nSPS) is 11.9. The van der Waals surface area contributed by atoms with Crippen LogP contribution in [0.1, 0.15) is 31.5 Å². The summed E-state index contributed by atoms with van der Waals surface area (Å²) in [5, 5.41) is 0. The largest absolute Gasteiger partial charge is 0.323 e. The van der Waals surface area contributed by atoms with Gasteiger partial charge >= 0.3 is 0 Å². The summed E-state index contributed by atoms with van der Waals surface area (Å²) in [5.74, 6) is 0. The van der Waals surface area contributed by atoms with E-state index in [0.29, 0.717) is 0 Å². The van der Waals surface area contributed by atoms with Crippen LogP contribution in [0.25, 0.3) is 0 Å². The number of aromatic nitrogens is 1. The predicted octanol–water partition coefficient (Wildman–Crippen LogP) is 3.07. The first-order valence-electron chi connectivity index (χ1n) is 4.12. The number of nitrogens with zero attached hydrogens (tertiary/aromatic N) is 1. The van der Waals surface area contributed by atoms with Crippen LogP contribution in [0.4, 0.5) is 0 Å². The Hall–Kier alpha value is -0.120. The number of nitrogens with two attached hydrogens (primary N) is 1. The number of rotatable bonds is 3. The molecule has 1 atom stereocenters. The summed E-state index contributed by atoms with van der Waals surface area (Å²) >= 11 is 3.31. The molecule has 1 heterocycles. The second-order valence-corrected chi connectivity index (χ2v) is 3.59. The first-order valence-corrected chi connectivity index (χ1v) is 4.91. The summed E-state index contributed by atoms with van der Waals surface area (Å²) < 4.78 is 0.853. The number of halogens is 2. The van der Waals surface area contributed by atoms with Gasteiger partial charge in [-0.05, 0) is 34.5 Å². The van der Waals surface area contributed by atoms with Crippen molar-refractivity contribution in [1.82, 2.24) is 4.98 Å². The molecule has 2 N–H and O–H groups in total. The molecule has 0 saturated heterocycles. The zero-order valence-corrected chi connectivity index (χ0v) is 9.94. The van der Waals surface area contributed by atoms with Crippen LogP contribution in [0.3, 0.4) is 0 Å². The highest BCUT2D eigenvalue weighted by Gasteiger charge is 2.05. The van der Waals surface area contributed by atoms with Gasteiger partial charge in [-0.15, -0.1) is 12.4 Å². The quantitative estimate of drug-likeness (QED) is 0.853. The van der Waals surface area contributed by atoms with Gasteiger partial charge in [0.2, 0.25) is 0 Å². The Morgan fingerprint density at radius 1 is 1.54 bits per heavy atom. The van der Waals surface area contributed by atoms with Gasteiger partial charge in [-0.3, -0.25) is 0 Å². The maximum Gasteiger partial charge on any atom is 0.106 e. The Morgan fingerprint density at radius 2 is 2.23 bits per heavy atom. The lowest BCUT2D eigenvalue weighted by Crippen LogP contribution is -2.11. The van der Waals surface area contributed by atoms with Crippen LogP contribution in [-0.4, -0.2) is 4.98 Å². The van der Waals surface area contributed by atoms with Gasteiger partial charge in [0.15, 0.2) is 0 Å². The lowest BCUT2D eigenvalue weighted by atomic mass is 10.1. The van der Waals surface area contributed by atoms with Gasteiger partial charge in [0.25, 0.3) is 0 Å². The second kappa shape index (κ2) is 6.35. The Labute approximate surface area is 93.5 Å². The van der Waals surface area contributed by atoms with Crippen LogP contribution in [0.2, 0.25) is 0 Å². The van der Waals surface area contributed by atoms with E-state index < -0.39 is 0 Å². The number of hydrogen-bond acceptors (Lipinski definition) is 2. The van der Waals surface area contributed by atoms with Gasteiger partial charge in [-0.25, -0.2) is 4.98 Å². The SMILES string of the molecule is CCC[C@@H](N)c1cccc(Br)n1.Cl. The maximum atomic E-state index is 5.89. The van der Waals surface area contributed by atoms with Crippen LogP contribution < -0.4 is 5.73 Å². The zero-order valence-electron chi connectivity index (χ0n) is 7.53. The Morgan fingerprint density at radius 3 is 2.77 bits per heavy atom. The average molecular weight is 266 g/mol. The molecular weight excluding hydrogens is 251 g/mol. The molecule has 4 heteroatoms. The van der Waals surface area contributed by atoms with Crippen LogP contribution in [-0.2, 0) is 0 Å². The molecule has 74 valence electrons. The van der Waals surface area contributed by atoms with E-state index in [1.807, 2.05) is 18.2 Å². The second-order valence-electron chi connectivity index (χ2n) is 2.78. The van der Waals surface area contributed by atoms with Gasteiger partial charge in [-0.2, -0.15) is 0 Å². The minimum absolute atomic E-state index is 0. The Kier molecular flexibility index (Phi) is 6.29. The van der Waals surface area contributed by atoms with Gasteiger partial charge in [0, 0.05) is 6.04 Å². The zero-order chi connectivity index (χ0) is 8.97. The van der Waals surface area contributed by atoms with Crippen LogP contribution in [0.5, 0.6) is 0 Å². The van der Waals surface area contributed by atoms with Crippen molar-refractivity contribution in [2.24, 2.45) is 5.73 Å². The molecule has 0 saturated carbocycles. The predicted molar refractivity (Wildman–Crippen MR) is 61.0 cm³/mol. The molecule has 0 unspecified atom stereocenters. The van der Waals surface area contributed by atoms with Crippen molar-refractivity contribution < 1.29 is 0 Å². The van der Waals surface area contributed by atoms with Crippen molar-refractivity contribution in [3.8, 4) is 0 Å². The van der Waals surface area contributed by atoms with Crippen molar-refractivity contribution in [2.45, 2.75) is 25.8 Å². The van der Waals surface area contributed by atoms with Crippen molar-refractivity contribution in [3.05, 3.63) is 28.5 Å². The van der Waals surface area contributed by atoms with Crippen LogP contribution in [0.15, 0.2) is 22.8 Å². The number of hydrogen-bond donors (Lipinski definition) is 1. The minimum atomic E-state index is 0. The van der Waals surface area contributed by atoms with E-state index in [-0.39, 0.29) is 18.4 Å². The summed E-state index contributed by atoms with van der Waals surface area (Å²) in [7, 11) is 0. The molecule has 0 aliphatic heterocycles. The highest BCUT2D eigenvalue weighted by atomic mass is 79.9. The highest BCUT2D eigenvalue weighted by molar-refractivity contribution is 9.10. The monoisotopic (exact) mass is 264 g/mol. The van der Waals surface area contributed by atoms with E-state index in [2.05, 4.69) is 27.8 Å².